The van der Waals surface area contributed by atoms with Gasteiger partial charge >= 0.3 is 0 Å². The number of hydrogen-bond acceptors (Lipinski definition) is 2. The number of nitrogens with two attached hydrogens (primary N) is 1. The SMILES string of the molecule is CCCCCCCC(C)CN=C(N)NCCc1ccccn1. The fourth-order valence-corrected chi connectivity index (χ4v) is 2.36. The summed E-state index contributed by atoms with van der Waals surface area (Å²) in [6.07, 6.45) is 10.6. The van der Waals surface area contributed by atoms with Crippen LogP contribution in [0.2, 0.25) is 0 Å². The zero-order chi connectivity index (χ0) is 16.0. The standard InChI is InChI=1S/C18H32N4/c1-3-4-5-6-7-10-16(2)15-22-18(19)21-14-12-17-11-8-9-13-20-17/h8-9,11,13,16H,3-7,10,12,14-15H2,1-2H3,(H3,19,21,22). The van der Waals surface area contributed by atoms with Gasteiger partial charge < -0.3 is 11.1 Å². The Hall–Kier alpha value is -1.58. The second kappa shape index (κ2) is 12.0. The van der Waals surface area contributed by atoms with E-state index in [0.29, 0.717) is 11.9 Å². The highest BCUT2D eigenvalue weighted by Crippen LogP contribution is 2.11. The third-order valence-electron chi connectivity index (χ3n) is 3.79. The zero-order valence-corrected chi connectivity index (χ0v) is 14.2. The Morgan fingerprint density at radius 3 is 2.82 bits per heavy atom. The molecular formula is C18H32N4. The van der Waals surface area contributed by atoms with Gasteiger partial charge in [-0.15, -0.1) is 0 Å². The van der Waals surface area contributed by atoms with E-state index in [0.717, 1.165) is 25.2 Å². The molecule has 3 N–H and O–H groups in total. The number of pyridine rings is 1. The van der Waals surface area contributed by atoms with E-state index in [2.05, 4.69) is 29.1 Å². The number of aromatic nitrogens is 1. The second-order valence-electron chi connectivity index (χ2n) is 6.03. The molecule has 0 saturated carbocycles. The van der Waals surface area contributed by atoms with Crippen LogP contribution in [0.25, 0.3) is 0 Å². The van der Waals surface area contributed by atoms with E-state index in [1.165, 1.54) is 38.5 Å². The fourth-order valence-electron chi connectivity index (χ4n) is 2.36. The molecule has 0 aliphatic heterocycles. The molecule has 4 heteroatoms. The largest absolute Gasteiger partial charge is 0.370 e. The van der Waals surface area contributed by atoms with Gasteiger partial charge in [0.2, 0.25) is 0 Å². The molecule has 0 spiro atoms. The van der Waals surface area contributed by atoms with Gasteiger partial charge in [0, 0.05) is 31.4 Å². The summed E-state index contributed by atoms with van der Waals surface area (Å²) >= 11 is 0. The van der Waals surface area contributed by atoms with Gasteiger partial charge in [0.15, 0.2) is 5.96 Å². The minimum absolute atomic E-state index is 0.550. The topological polar surface area (TPSA) is 63.3 Å². The number of nitrogens with zero attached hydrogens (tertiary/aromatic N) is 2. The van der Waals surface area contributed by atoms with Crippen LogP contribution in [0.5, 0.6) is 0 Å². The van der Waals surface area contributed by atoms with Crippen molar-refractivity contribution in [2.24, 2.45) is 16.6 Å². The summed E-state index contributed by atoms with van der Waals surface area (Å²) in [6.45, 7) is 6.10. The summed E-state index contributed by atoms with van der Waals surface area (Å²) in [5.74, 6) is 1.16. The maximum atomic E-state index is 5.90. The quantitative estimate of drug-likeness (QED) is 0.373. The van der Waals surface area contributed by atoms with Crippen LogP contribution in [0, 0.1) is 5.92 Å². The van der Waals surface area contributed by atoms with E-state index in [-0.39, 0.29) is 0 Å². The molecule has 1 unspecified atom stereocenters. The van der Waals surface area contributed by atoms with Gasteiger partial charge in [-0.25, -0.2) is 0 Å². The molecule has 0 aliphatic rings. The molecule has 124 valence electrons. The number of rotatable bonds is 11. The van der Waals surface area contributed by atoms with Crippen molar-refractivity contribution in [1.29, 1.82) is 0 Å². The molecule has 0 aromatic carbocycles. The van der Waals surface area contributed by atoms with Crippen molar-refractivity contribution in [3.63, 3.8) is 0 Å². The van der Waals surface area contributed by atoms with Gasteiger partial charge in [0.1, 0.15) is 0 Å². The molecule has 0 radical (unpaired) electrons. The van der Waals surface area contributed by atoms with Crippen LogP contribution in [0.1, 0.15) is 58.1 Å². The van der Waals surface area contributed by atoms with E-state index in [4.69, 9.17) is 5.73 Å². The summed E-state index contributed by atoms with van der Waals surface area (Å²) in [4.78, 5) is 8.72. The number of hydrogen-bond donors (Lipinski definition) is 2. The lowest BCUT2D eigenvalue weighted by Gasteiger charge is -2.10. The molecule has 0 aliphatic carbocycles. The van der Waals surface area contributed by atoms with Crippen molar-refractivity contribution in [3.8, 4) is 0 Å². The Morgan fingerprint density at radius 1 is 1.27 bits per heavy atom. The normalized spacial score (nSPS) is 13.1. The Labute approximate surface area is 135 Å². The third-order valence-corrected chi connectivity index (χ3v) is 3.79. The van der Waals surface area contributed by atoms with Gasteiger partial charge in [-0.3, -0.25) is 9.98 Å². The molecule has 1 rings (SSSR count). The van der Waals surface area contributed by atoms with Crippen LogP contribution in [0.3, 0.4) is 0 Å². The molecule has 1 atom stereocenters. The van der Waals surface area contributed by atoms with Crippen molar-refractivity contribution in [2.45, 2.75) is 58.8 Å². The minimum Gasteiger partial charge on any atom is -0.370 e. The highest BCUT2D eigenvalue weighted by molar-refractivity contribution is 5.77. The molecule has 1 heterocycles. The van der Waals surface area contributed by atoms with Crippen LogP contribution in [-0.4, -0.2) is 24.0 Å². The number of unbranched alkanes of at least 4 members (excludes halogenated alkanes) is 4. The molecular weight excluding hydrogens is 272 g/mol. The second-order valence-corrected chi connectivity index (χ2v) is 6.03. The molecule has 0 fully saturated rings. The maximum Gasteiger partial charge on any atom is 0.188 e. The van der Waals surface area contributed by atoms with E-state index in [9.17, 15) is 0 Å². The van der Waals surface area contributed by atoms with E-state index in [1.807, 2.05) is 24.4 Å². The smallest absolute Gasteiger partial charge is 0.188 e. The van der Waals surface area contributed by atoms with E-state index in [1.54, 1.807) is 0 Å². The van der Waals surface area contributed by atoms with Crippen LogP contribution < -0.4 is 11.1 Å². The van der Waals surface area contributed by atoms with E-state index < -0.39 is 0 Å². The molecule has 0 bridgehead atoms. The Bertz CT molecular complexity index is 403. The Morgan fingerprint density at radius 2 is 2.09 bits per heavy atom. The molecule has 1 aromatic rings. The first-order valence-corrected chi connectivity index (χ1v) is 8.66. The minimum atomic E-state index is 0.550. The molecule has 4 nitrogen and oxygen atoms in total. The van der Waals surface area contributed by atoms with Gasteiger partial charge in [0.25, 0.3) is 0 Å². The first-order chi connectivity index (χ1) is 10.7. The zero-order valence-electron chi connectivity index (χ0n) is 14.2. The molecule has 22 heavy (non-hydrogen) atoms. The Balaban J connectivity index is 2.08. The predicted octanol–water partition coefficient (Wildman–Crippen LogP) is 3.53. The van der Waals surface area contributed by atoms with Crippen molar-refractivity contribution in [2.75, 3.05) is 13.1 Å². The highest BCUT2D eigenvalue weighted by Gasteiger charge is 2.02. The summed E-state index contributed by atoms with van der Waals surface area (Å²) in [7, 11) is 0. The van der Waals surface area contributed by atoms with Crippen LogP contribution in [0.15, 0.2) is 29.4 Å². The monoisotopic (exact) mass is 304 g/mol. The van der Waals surface area contributed by atoms with E-state index >= 15 is 0 Å². The predicted molar refractivity (Wildman–Crippen MR) is 95.0 cm³/mol. The fraction of sp³-hybridized carbons (Fsp3) is 0.667. The number of nitrogens with one attached hydrogen (secondary N) is 1. The summed E-state index contributed by atoms with van der Waals surface area (Å²) in [5, 5.41) is 3.16. The molecule has 0 saturated heterocycles. The summed E-state index contributed by atoms with van der Waals surface area (Å²) < 4.78 is 0. The average Bonchev–Trinajstić information content (AvgIpc) is 2.54. The lowest BCUT2D eigenvalue weighted by Crippen LogP contribution is -2.33. The van der Waals surface area contributed by atoms with Crippen LogP contribution in [-0.2, 0) is 6.42 Å². The first-order valence-electron chi connectivity index (χ1n) is 8.66. The van der Waals surface area contributed by atoms with Gasteiger partial charge in [-0.2, -0.15) is 0 Å². The highest BCUT2D eigenvalue weighted by atomic mass is 15.1. The van der Waals surface area contributed by atoms with Crippen LogP contribution in [0.4, 0.5) is 0 Å². The molecule has 0 amide bonds. The van der Waals surface area contributed by atoms with Crippen LogP contribution >= 0.6 is 0 Å². The van der Waals surface area contributed by atoms with Crippen molar-refractivity contribution >= 4 is 5.96 Å². The third kappa shape index (κ3) is 9.37. The number of aliphatic imine (C=N–C) groups is 1. The van der Waals surface area contributed by atoms with Crippen molar-refractivity contribution < 1.29 is 0 Å². The average molecular weight is 304 g/mol. The van der Waals surface area contributed by atoms with Gasteiger partial charge in [0.05, 0.1) is 0 Å². The lowest BCUT2D eigenvalue weighted by molar-refractivity contribution is 0.494. The summed E-state index contributed by atoms with van der Waals surface area (Å²) in [5.41, 5.74) is 6.97. The van der Waals surface area contributed by atoms with Gasteiger partial charge in [-0.1, -0.05) is 52.0 Å². The van der Waals surface area contributed by atoms with Gasteiger partial charge in [-0.05, 0) is 24.5 Å². The maximum absolute atomic E-state index is 5.90. The lowest BCUT2D eigenvalue weighted by atomic mass is 10.0. The first kappa shape index (κ1) is 18.5. The van der Waals surface area contributed by atoms with Crippen molar-refractivity contribution in [1.82, 2.24) is 10.3 Å². The summed E-state index contributed by atoms with van der Waals surface area (Å²) in [6, 6.07) is 5.95. The number of guanidine groups is 1. The Kier molecular flexibility index (Phi) is 10.1. The molecule has 1 aromatic heterocycles. The van der Waals surface area contributed by atoms with Crippen molar-refractivity contribution in [3.05, 3.63) is 30.1 Å².